The van der Waals surface area contributed by atoms with Gasteiger partial charge in [-0.15, -0.1) is 0 Å². The molecule has 4 nitrogen and oxygen atoms in total. The Morgan fingerprint density at radius 1 is 0.808 bits per heavy atom. The number of rotatable bonds is 10. The number of nitrogens with zero attached hydrogens (tertiary/aromatic N) is 1. The van der Waals surface area contributed by atoms with Gasteiger partial charge in [-0.2, -0.15) is 0 Å². The van der Waals surface area contributed by atoms with E-state index in [9.17, 15) is 9.59 Å². The van der Waals surface area contributed by atoms with E-state index in [-0.39, 0.29) is 43.3 Å². The summed E-state index contributed by atoms with van der Waals surface area (Å²) in [6, 6.07) is 19.0. The fourth-order valence-corrected chi connectivity index (χ4v) is 2.77. The Balaban J connectivity index is 0.00000338. The number of amides is 1. The average Bonchev–Trinajstić information content (AvgIpc) is 2.65. The van der Waals surface area contributed by atoms with Crippen LogP contribution >= 0.6 is 0 Å². The number of hydrogen-bond donors (Lipinski definition) is 1. The van der Waals surface area contributed by atoms with Crippen LogP contribution in [-0.4, -0.2) is 23.5 Å². The standard InChI is InChI=1S/C21H25NO3.Na.H/c23-20(24)16-10-2-1-3-11-17-22(19-14-8-5-9-15-19)21(25)18-12-6-4-7-13-18;;/h4-9,12-15H,1-3,10-11,16-17H2,(H,23,24);;/q;+1;-1. The van der Waals surface area contributed by atoms with Gasteiger partial charge in [-0.05, 0) is 37.1 Å². The van der Waals surface area contributed by atoms with Gasteiger partial charge in [0.05, 0.1) is 0 Å². The van der Waals surface area contributed by atoms with Gasteiger partial charge in [-0.3, -0.25) is 9.59 Å². The summed E-state index contributed by atoms with van der Waals surface area (Å²) < 4.78 is 0. The summed E-state index contributed by atoms with van der Waals surface area (Å²) in [6.45, 7) is 0.663. The Morgan fingerprint density at radius 3 is 1.96 bits per heavy atom. The first-order valence-electron chi connectivity index (χ1n) is 8.82. The zero-order chi connectivity index (χ0) is 17.9. The van der Waals surface area contributed by atoms with Crippen LogP contribution in [0.15, 0.2) is 60.7 Å². The van der Waals surface area contributed by atoms with Gasteiger partial charge < -0.3 is 11.4 Å². The van der Waals surface area contributed by atoms with Crippen molar-refractivity contribution in [3.05, 3.63) is 66.2 Å². The molecule has 26 heavy (non-hydrogen) atoms. The SMILES string of the molecule is O=C(O)CCCCCCCN(C(=O)c1ccccc1)c1ccccc1.[H-].[Na+]. The summed E-state index contributed by atoms with van der Waals surface area (Å²) in [5, 5.41) is 8.64. The monoisotopic (exact) mass is 363 g/mol. The minimum absolute atomic E-state index is 0. The molecule has 0 saturated carbocycles. The van der Waals surface area contributed by atoms with E-state index in [0.29, 0.717) is 12.1 Å². The molecule has 1 amide bonds. The van der Waals surface area contributed by atoms with Gasteiger partial charge in [0.15, 0.2) is 0 Å². The van der Waals surface area contributed by atoms with E-state index in [0.717, 1.165) is 37.8 Å². The molecule has 0 fully saturated rings. The van der Waals surface area contributed by atoms with Gasteiger partial charge in [0, 0.05) is 24.2 Å². The number of carboxylic acids is 1. The number of para-hydroxylation sites is 1. The molecule has 2 aromatic rings. The third-order valence-electron chi connectivity index (χ3n) is 4.11. The first-order chi connectivity index (χ1) is 12.2. The predicted molar refractivity (Wildman–Crippen MR) is 101 cm³/mol. The second-order valence-electron chi connectivity index (χ2n) is 6.07. The Morgan fingerprint density at radius 2 is 1.35 bits per heavy atom. The van der Waals surface area contributed by atoms with E-state index in [2.05, 4.69) is 0 Å². The fourth-order valence-electron chi connectivity index (χ4n) is 2.77. The first-order valence-corrected chi connectivity index (χ1v) is 8.82. The molecule has 0 aromatic heterocycles. The largest absolute Gasteiger partial charge is 1.00 e. The van der Waals surface area contributed by atoms with Gasteiger partial charge >= 0.3 is 35.5 Å². The van der Waals surface area contributed by atoms with Crippen LogP contribution in [0.2, 0.25) is 0 Å². The molecule has 0 aliphatic carbocycles. The summed E-state index contributed by atoms with van der Waals surface area (Å²) in [5.74, 6) is -0.721. The molecule has 1 N–H and O–H groups in total. The van der Waals surface area contributed by atoms with Crippen LogP contribution in [0.25, 0.3) is 0 Å². The molecule has 0 atom stereocenters. The number of aliphatic carboxylic acids is 1. The van der Waals surface area contributed by atoms with Crippen LogP contribution in [0.5, 0.6) is 0 Å². The number of unbranched alkanes of at least 4 members (excludes halogenated alkanes) is 4. The maximum atomic E-state index is 12.8. The van der Waals surface area contributed by atoms with Gasteiger partial charge in [-0.1, -0.05) is 55.7 Å². The van der Waals surface area contributed by atoms with Crippen molar-refractivity contribution in [3.8, 4) is 0 Å². The van der Waals surface area contributed by atoms with Crippen LogP contribution in [-0.2, 0) is 4.79 Å². The molecular weight excluding hydrogens is 337 g/mol. The van der Waals surface area contributed by atoms with Crippen molar-refractivity contribution in [1.29, 1.82) is 0 Å². The number of carboxylic acid groups (broad SMARTS) is 1. The number of anilines is 1. The number of carbonyl (C=O) groups is 2. The Labute approximate surface area is 179 Å². The average molecular weight is 363 g/mol. The van der Waals surface area contributed by atoms with Gasteiger partial charge in [0.25, 0.3) is 5.91 Å². The summed E-state index contributed by atoms with van der Waals surface area (Å²) >= 11 is 0. The zero-order valence-electron chi connectivity index (χ0n) is 16.4. The first kappa shape index (κ1) is 22.4. The molecule has 5 heteroatoms. The molecule has 0 spiro atoms. The molecule has 0 aliphatic heterocycles. The summed E-state index contributed by atoms with van der Waals surface area (Å²) in [4.78, 5) is 25.2. The Kier molecular flexibility index (Phi) is 10.9. The van der Waals surface area contributed by atoms with Crippen molar-refractivity contribution in [2.75, 3.05) is 11.4 Å². The third kappa shape index (κ3) is 7.73. The zero-order valence-corrected chi connectivity index (χ0v) is 17.4. The molecule has 0 radical (unpaired) electrons. The molecule has 0 bridgehead atoms. The summed E-state index contributed by atoms with van der Waals surface area (Å²) in [5.41, 5.74) is 1.59. The van der Waals surface area contributed by atoms with Crippen LogP contribution in [0.4, 0.5) is 5.69 Å². The number of carbonyl (C=O) groups excluding carboxylic acids is 1. The maximum absolute atomic E-state index is 12.8. The predicted octanol–water partition coefficient (Wildman–Crippen LogP) is 1.88. The smallest absolute Gasteiger partial charge is 1.00 e. The molecule has 0 aliphatic rings. The normalized spacial score (nSPS) is 10.0. The Bertz CT molecular complexity index is 668. The summed E-state index contributed by atoms with van der Waals surface area (Å²) in [6.07, 6.45) is 4.77. The van der Waals surface area contributed by atoms with Crippen LogP contribution < -0.4 is 34.5 Å². The van der Waals surface area contributed by atoms with Gasteiger partial charge in [0.2, 0.25) is 0 Å². The minimum atomic E-state index is -0.733. The summed E-state index contributed by atoms with van der Waals surface area (Å²) in [7, 11) is 0. The third-order valence-corrected chi connectivity index (χ3v) is 4.11. The van der Waals surface area contributed by atoms with E-state index in [1.807, 2.05) is 65.6 Å². The second kappa shape index (κ2) is 12.7. The number of hydrogen-bond acceptors (Lipinski definition) is 2. The van der Waals surface area contributed by atoms with Crippen molar-refractivity contribution in [2.45, 2.75) is 38.5 Å². The quantitative estimate of drug-likeness (QED) is 0.518. The van der Waals surface area contributed by atoms with Crippen LogP contribution in [0, 0.1) is 0 Å². The van der Waals surface area contributed by atoms with Crippen LogP contribution in [0.1, 0.15) is 50.3 Å². The van der Waals surface area contributed by atoms with Crippen molar-refractivity contribution in [3.63, 3.8) is 0 Å². The van der Waals surface area contributed by atoms with E-state index in [4.69, 9.17) is 5.11 Å². The van der Waals surface area contributed by atoms with E-state index in [1.165, 1.54) is 0 Å². The Hall–Kier alpha value is -1.62. The van der Waals surface area contributed by atoms with Crippen molar-refractivity contribution >= 4 is 17.6 Å². The van der Waals surface area contributed by atoms with Crippen molar-refractivity contribution < 1.29 is 45.7 Å². The van der Waals surface area contributed by atoms with E-state index >= 15 is 0 Å². The van der Waals surface area contributed by atoms with Crippen molar-refractivity contribution in [2.24, 2.45) is 0 Å². The van der Waals surface area contributed by atoms with Gasteiger partial charge in [-0.25, -0.2) is 0 Å². The van der Waals surface area contributed by atoms with E-state index in [1.54, 1.807) is 0 Å². The number of benzene rings is 2. The minimum Gasteiger partial charge on any atom is -1.00 e. The molecule has 0 saturated heterocycles. The van der Waals surface area contributed by atoms with Crippen LogP contribution in [0.3, 0.4) is 0 Å². The second-order valence-corrected chi connectivity index (χ2v) is 6.07. The molecule has 2 aromatic carbocycles. The topological polar surface area (TPSA) is 57.6 Å². The fraction of sp³-hybridized carbons (Fsp3) is 0.333. The van der Waals surface area contributed by atoms with Crippen molar-refractivity contribution in [1.82, 2.24) is 0 Å². The van der Waals surface area contributed by atoms with Gasteiger partial charge in [0.1, 0.15) is 0 Å². The van der Waals surface area contributed by atoms with E-state index < -0.39 is 5.97 Å². The molecule has 2 rings (SSSR count). The maximum Gasteiger partial charge on any atom is 1.00 e. The molecule has 134 valence electrons. The molecule has 0 heterocycles. The molecule has 0 unspecified atom stereocenters. The molecular formula is C21H26NNaO3.